The molecule has 176 valence electrons. The molecule has 2 N–H and O–H groups in total. The van der Waals surface area contributed by atoms with Gasteiger partial charge in [0.2, 0.25) is 5.91 Å². The van der Waals surface area contributed by atoms with Gasteiger partial charge in [-0.3, -0.25) is 14.7 Å². The van der Waals surface area contributed by atoms with Gasteiger partial charge in [0.05, 0.1) is 26.4 Å². The van der Waals surface area contributed by atoms with Crippen molar-refractivity contribution in [3.8, 4) is 0 Å². The van der Waals surface area contributed by atoms with E-state index in [0.29, 0.717) is 25.6 Å². The summed E-state index contributed by atoms with van der Waals surface area (Å²) in [5.74, 6) is 1.58. The van der Waals surface area contributed by atoms with Gasteiger partial charge in [0.1, 0.15) is 0 Å². The molecule has 0 bridgehead atoms. The summed E-state index contributed by atoms with van der Waals surface area (Å²) in [5.41, 5.74) is 0. The molecule has 10 heteroatoms. The number of nitrogens with zero attached hydrogens (tertiary/aromatic N) is 3. The van der Waals surface area contributed by atoms with Crippen molar-refractivity contribution in [2.24, 2.45) is 10.9 Å². The second kappa shape index (κ2) is 16.9. The van der Waals surface area contributed by atoms with Crippen molar-refractivity contribution in [3.63, 3.8) is 0 Å². The highest BCUT2D eigenvalue weighted by Crippen LogP contribution is 2.12. The zero-order chi connectivity index (χ0) is 20.7. The zero-order valence-electron chi connectivity index (χ0n) is 18.6. The van der Waals surface area contributed by atoms with Gasteiger partial charge in [0.15, 0.2) is 5.96 Å². The van der Waals surface area contributed by atoms with Crippen molar-refractivity contribution in [1.29, 1.82) is 0 Å². The van der Waals surface area contributed by atoms with Crippen LogP contribution < -0.4 is 10.6 Å². The van der Waals surface area contributed by atoms with E-state index in [1.165, 1.54) is 0 Å². The van der Waals surface area contributed by atoms with Crippen molar-refractivity contribution in [2.45, 2.75) is 19.8 Å². The lowest BCUT2D eigenvalue weighted by Gasteiger charge is -2.36. The molecule has 2 aliphatic rings. The largest absolute Gasteiger partial charge is 0.383 e. The topological polar surface area (TPSA) is 87.7 Å². The van der Waals surface area contributed by atoms with Crippen molar-refractivity contribution in [2.75, 3.05) is 92.5 Å². The SMILES string of the molecule is CCNC(=NCCCOCC1CCOC1)N1CCN(CC(=O)NCCOC)CC1.I. The van der Waals surface area contributed by atoms with E-state index in [9.17, 15) is 4.79 Å². The van der Waals surface area contributed by atoms with Crippen molar-refractivity contribution < 1.29 is 19.0 Å². The highest BCUT2D eigenvalue weighted by Gasteiger charge is 2.21. The van der Waals surface area contributed by atoms with Gasteiger partial charge in [-0.1, -0.05) is 0 Å². The highest BCUT2D eigenvalue weighted by atomic mass is 127. The van der Waals surface area contributed by atoms with E-state index in [2.05, 4.69) is 27.4 Å². The number of halogens is 1. The maximum absolute atomic E-state index is 11.9. The second-order valence-electron chi connectivity index (χ2n) is 7.50. The third-order valence-corrected chi connectivity index (χ3v) is 5.09. The molecule has 0 aromatic heterocycles. The van der Waals surface area contributed by atoms with Crippen LogP contribution in [0.25, 0.3) is 0 Å². The normalized spacial score (nSPS) is 20.1. The van der Waals surface area contributed by atoms with E-state index in [1.807, 2.05) is 0 Å². The van der Waals surface area contributed by atoms with Gasteiger partial charge in [-0.15, -0.1) is 24.0 Å². The monoisotopic (exact) mass is 541 g/mol. The molecular formula is C20H40IN5O4. The minimum absolute atomic E-state index is 0. The quantitative estimate of drug-likeness (QED) is 0.160. The number of methoxy groups -OCH3 is 1. The van der Waals surface area contributed by atoms with Gasteiger partial charge in [0, 0.05) is 72.1 Å². The first-order chi connectivity index (χ1) is 14.2. The van der Waals surface area contributed by atoms with Gasteiger partial charge in [-0.25, -0.2) is 0 Å². The first-order valence-corrected chi connectivity index (χ1v) is 10.9. The minimum Gasteiger partial charge on any atom is -0.383 e. The summed E-state index contributed by atoms with van der Waals surface area (Å²) in [6.45, 7) is 11.9. The average molecular weight is 541 g/mol. The van der Waals surface area contributed by atoms with Crippen molar-refractivity contribution >= 4 is 35.8 Å². The van der Waals surface area contributed by atoms with E-state index in [0.717, 1.165) is 84.5 Å². The third kappa shape index (κ3) is 11.1. The van der Waals surface area contributed by atoms with Crippen LogP contribution in [-0.4, -0.2) is 114 Å². The van der Waals surface area contributed by atoms with Crippen LogP contribution in [0, 0.1) is 5.92 Å². The zero-order valence-corrected chi connectivity index (χ0v) is 20.9. The minimum atomic E-state index is 0. The Morgan fingerprint density at radius 3 is 2.67 bits per heavy atom. The summed E-state index contributed by atoms with van der Waals surface area (Å²) in [6, 6.07) is 0. The Kier molecular flexibility index (Phi) is 15.4. The molecule has 9 nitrogen and oxygen atoms in total. The van der Waals surface area contributed by atoms with Crippen LogP contribution in [-0.2, 0) is 19.0 Å². The Morgan fingerprint density at radius 2 is 2.00 bits per heavy atom. The summed E-state index contributed by atoms with van der Waals surface area (Å²) in [7, 11) is 1.63. The molecule has 1 amide bonds. The standard InChI is InChI=1S/C20H39N5O4.HI/c1-3-21-20(23-6-4-12-28-16-18-5-13-29-17-18)25-10-8-24(9-11-25)15-19(26)22-7-14-27-2;/h18H,3-17H2,1-2H3,(H,21,23)(H,22,26);1H. The molecule has 0 aromatic carbocycles. The number of rotatable bonds is 12. The number of piperazine rings is 1. The van der Waals surface area contributed by atoms with Crippen LogP contribution >= 0.6 is 24.0 Å². The van der Waals surface area contributed by atoms with E-state index < -0.39 is 0 Å². The summed E-state index contributed by atoms with van der Waals surface area (Å²) < 4.78 is 16.1. The van der Waals surface area contributed by atoms with Crippen LogP contribution in [0.1, 0.15) is 19.8 Å². The van der Waals surface area contributed by atoms with Crippen LogP contribution in [0.2, 0.25) is 0 Å². The Balaban J connectivity index is 0.00000450. The number of amides is 1. The summed E-state index contributed by atoms with van der Waals surface area (Å²) >= 11 is 0. The maximum Gasteiger partial charge on any atom is 0.234 e. The van der Waals surface area contributed by atoms with Crippen LogP contribution in [0.15, 0.2) is 4.99 Å². The maximum atomic E-state index is 11.9. The molecule has 2 aliphatic heterocycles. The van der Waals surface area contributed by atoms with Crippen LogP contribution in [0.5, 0.6) is 0 Å². The van der Waals surface area contributed by atoms with Crippen molar-refractivity contribution in [1.82, 2.24) is 20.4 Å². The molecule has 0 saturated carbocycles. The molecule has 30 heavy (non-hydrogen) atoms. The Labute approximate surface area is 198 Å². The fraction of sp³-hybridized carbons (Fsp3) is 0.900. The first-order valence-electron chi connectivity index (χ1n) is 10.9. The Morgan fingerprint density at radius 1 is 1.20 bits per heavy atom. The van der Waals surface area contributed by atoms with Gasteiger partial charge in [-0.05, 0) is 19.8 Å². The number of aliphatic imine (C=N–C) groups is 1. The second-order valence-corrected chi connectivity index (χ2v) is 7.50. The molecular weight excluding hydrogens is 501 g/mol. The molecule has 1 unspecified atom stereocenters. The Hall–Kier alpha value is -0.690. The number of hydrogen-bond acceptors (Lipinski definition) is 6. The first kappa shape index (κ1) is 27.3. The molecule has 2 saturated heterocycles. The fourth-order valence-electron chi connectivity index (χ4n) is 3.41. The summed E-state index contributed by atoms with van der Waals surface area (Å²) in [4.78, 5) is 21.2. The van der Waals surface area contributed by atoms with Crippen molar-refractivity contribution in [3.05, 3.63) is 0 Å². The predicted molar refractivity (Wildman–Crippen MR) is 129 cm³/mol. The Bertz CT molecular complexity index is 484. The van der Waals surface area contributed by atoms with Gasteiger partial charge >= 0.3 is 0 Å². The lowest BCUT2D eigenvalue weighted by Crippen LogP contribution is -2.54. The lowest BCUT2D eigenvalue weighted by molar-refractivity contribution is -0.122. The lowest BCUT2D eigenvalue weighted by atomic mass is 10.1. The highest BCUT2D eigenvalue weighted by molar-refractivity contribution is 14.0. The molecule has 2 fully saturated rings. The number of hydrogen-bond donors (Lipinski definition) is 2. The molecule has 0 radical (unpaired) electrons. The molecule has 2 rings (SSSR count). The molecule has 0 aliphatic carbocycles. The number of carbonyl (C=O) groups is 1. The number of guanidine groups is 1. The molecule has 1 atom stereocenters. The van der Waals surface area contributed by atoms with E-state index in [-0.39, 0.29) is 29.9 Å². The number of carbonyl (C=O) groups excluding carboxylic acids is 1. The smallest absolute Gasteiger partial charge is 0.234 e. The van der Waals surface area contributed by atoms with Gasteiger partial charge in [-0.2, -0.15) is 0 Å². The molecule has 0 spiro atoms. The average Bonchev–Trinajstić information content (AvgIpc) is 3.24. The van der Waals surface area contributed by atoms with E-state index >= 15 is 0 Å². The van der Waals surface area contributed by atoms with Crippen LogP contribution in [0.4, 0.5) is 0 Å². The van der Waals surface area contributed by atoms with Crippen LogP contribution in [0.3, 0.4) is 0 Å². The molecule has 2 heterocycles. The molecule has 0 aromatic rings. The number of nitrogens with one attached hydrogen (secondary N) is 2. The van der Waals surface area contributed by atoms with Gasteiger partial charge < -0.3 is 29.7 Å². The third-order valence-electron chi connectivity index (χ3n) is 5.09. The van der Waals surface area contributed by atoms with Gasteiger partial charge in [0.25, 0.3) is 0 Å². The van der Waals surface area contributed by atoms with E-state index in [4.69, 9.17) is 19.2 Å². The predicted octanol–water partition coefficient (Wildman–Crippen LogP) is 0.393. The fourth-order valence-corrected chi connectivity index (χ4v) is 3.41. The summed E-state index contributed by atoms with van der Waals surface area (Å²) in [6.07, 6.45) is 2.04. The summed E-state index contributed by atoms with van der Waals surface area (Å²) in [5, 5.41) is 6.26. The van der Waals surface area contributed by atoms with E-state index in [1.54, 1.807) is 7.11 Å². The number of ether oxygens (including phenoxy) is 3.